The lowest BCUT2D eigenvalue weighted by atomic mass is 10.0. The molecule has 0 saturated heterocycles. The number of rotatable bonds is 8. The average Bonchev–Trinajstić information content (AvgIpc) is 2.85. The van der Waals surface area contributed by atoms with Crippen molar-refractivity contribution >= 4 is 34.7 Å². The molecule has 35 heavy (non-hydrogen) atoms. The van der Waals surface area contributed by atoms with Crippen molar-refractivity contribution in [3.63, 3.8) is 0 Å². The first-order valence-corrected chi connectivity index (χ1v) is 13.4. The van der Waals surface area contributed by atoms with Crippen molar-refractivity contribution < 1.29 is 4.48 Å². The first-order valence-electron chi connectivity index (χ1n) is 12.2. The summed E-state index contributed by atoms with van der Waals surface area (Å²) in [5, 5.41) is 0.792. The van der Waals surface area contributed by atoms with E-state index in [9.17, 15) is 0 Å². The lowest BCUT2D eigenvalue weighted by Crippen LogP contribution is -2.40. The normalized spacial score (nSPS) is 12.8. The number of quaternary nitrogens is 1. The highest BCUT2D eigenvalue weighted by Gasteiger charge is 2.24. The van der Waals surface area contributed by atoms with Gasteiger partial charge in [0.05, 0.1) is 32.0 Å². The van der Waals surface area contributed by atoms with Crippen LogP contribution in [0.2, 0.25) is 5.02 Å². The number of benzene rings is 4. The van der Waals surface area contributed by atoms with E-state index in [1.807, 2.05) is 17.8 Å². The van der Waals surface area contributed by atoms with Gasteiger partial charge in [0.25, 0.3) is 0 Å². The molecule has 0 aliphatic carbocycles. The molecule has 1 aliphatic rings. The number of hydrogen-bond acceptors (Lipinski definition) is 2. The van der Waals surface area contributed by atoms with E-state index < -0.39 is 0 Å². The smallest absolute Gasteiger partial charge is 0.104 e. The quantitative estimate of drug-likeness (QED) is 0.225. The molecule has 0 N–H and O–H groups in total. The molecule has 5 rings (SSSR count). The Hall–Kier alpha value is -2.72. The van der Waals surface area contributed by atoms with Gasteiger partial charge in [-0.25, -0.2) is 0 Å². The fourth-order valence-corrected chi connectivity index (χ4v) is 6.11. The molecule has 0 fully saturated rings. The summed E-state index contributed by atoms with van der Waals surface area (Å²) >= 11 is 8.22. The minimum absolute atomic E-state index is 0.792. The van der Waals surface area contributed by atoms with Crippen LogP contribution in [-0.2, 0) is 13.0 Å². The van der Waals surface area contributed by atoms with Crippen LogP contribution in [0.5, 0.6) is 0 Å². The van der Waals surface area contributed by atoms with Gasteiger partial charge in [-0.1, -0.05) is 90.1 Å². The van der Waals surface area contributed by atoms with Crippen LogP contribution < -0.4 is 4.90 Å². The van der Waals surface area contributed by atoms with Crippen molar-refractivity contribution in [3.8, 4) is 0 Å². The number of halogens is 1. The fourth-order valence-electron chi connectivity index (χ4n) is 4.87. The zero-order chi connectivity index (χ0) is 24.3. The molecule has 0 bridgehead atoms. The van der Waals surface area contributed by atoms with Crippen LogP contribution in [0.25, 0.3) is 0 Å². The number of para-hydroxylation sites is 1. The molecule has 0 radical (unpaired) electrons. The Balaban J connectivity index is 1.22. The number of fused-ring (bicyclic) bond motifs is 2. The maximum absolute atomic E-state index is 6.38. The fraction of sp³-hybridized carbons (Fsp3) is 0.226. The van der Waals surface area contributed by atoms with Crippen molar-refractivity contribution in [2.75, 3.05) is 32.1 Å². The summed E-state index contributed by atoms with van der Waals surface area (Å²) in [6.07, 6.45) is 2.09. The van der Waals surface area contributed by atoms with Crippen LogP contribution in [0.4, 0.5) is 11.4 Å². The summed E-state index contributed by atoms with van der Waals surface area (Å²) in [6.45, 7) is 3.11. The predicted octanol–water partition coefficient (Wildman–Crippen LogP) is 8.20. The van der Waals surface area contributed by atoms with Crippen LogP contribution in [0.15, 0.2) is 107 Å². The standard InChI is InChI=1S/C31H32ClN2S/c1-34(2,23-26-15-13-25(14-16-26)21-24-9-4-3-5-10-24)20-8-19-33-28-11-6-7-12-30(28)35-31-18-17-27(32)22-29(31)33/h3-7,9-18,22H,8,19-21,23H2,1-2H3/q+1. The van der Waals surface area contributed by atoms with Crippen LogP contribution in [0, 0.1) is 0 Å². The van der Waals surface area contributed by atoms with Crippen molar-refractivity contribution in [3.05, 3.63) is 119 Å². The van der Waals surface area contributed by atoms with Crippen molar-refractivity contribution in [1.82, 2.24) is 0 Å². The van der Waals surface area contributed by atoms with Gasteiger partial charge >= 0.3 is 0 Å². The summed E-state index contributed by atoms with van der Waals surface area (Å²) in [5.74, 6) is 0. The molecule has 0 saturated carbocycles. The highest BCUT2D eigenvalue weighted by molar-refractivity contribution is 7.99. The second-order valence-corrected chi connectivity index (χ2v) is 11.5. The lowest BCUT2D eigenvalue weighted by Gasteiger charge is -2.35. The maximum Gasteiger partial charge on any atom is 0.104 e. The molecule has 0 unspecified atom stereocenters. The Morgan fingerprint density at radius 1 is 0.714 bits per heavy atom. The molecule has 1 aliphatic heterocycles. The molecule has 0 spiro atoms. The second kappa shape index (κ2) is 10.5. The van der Waals surface area contributed by atoms with Gasteiger partial charge < -0.3 is 9.38 Å². The average molecular weight is 500 g/mol. The molecule has 2 nitrogen and oxygen atoms in total. The van der Waals surface area contributed by atoms with Crippen LogP contribution >= 0.6 is 23.4 Å². The Bertz CT molecular complexity index is 1290. The highest BCUT2D eigenvalue weighted by Crippen LogP contribution is 2.48. The minimum atomic E-state index is 0.792. The number of anilines is 2. The summed E-state index contributed by atoms with van der Waals surface area (Å²) < 4.78 is 0.963. The van der Waals surface area contributed by atoms with Crippen LogP contribution in [-0.4, -0.2) is 31.7 Å². The summed E-state index contributed by atoms with van der Waals surface area (Å²) in [7, 11) is 4.67. The molecule has 178 valence electrons. The Labute approximate surface area is 218 Å². The van der Waals surface area contributed by atoms with Crippen LogP contribution in [0.3, 0.4) is 0 Å². The van der Waals surface area contributed by atoms with E-state index in [2.05, 4.69) is 110 Å². The van der Waals surface area contributed by atoms with E-state index in [0.717, 1.165) is 42.0 Å². The zero-order valence-electron chi connectivity index (χ0n) is 20.5. The molecule has 4 aromatic carbocycles. The van der Waals surface area contributed by atoms with Gasteiger partial charge in [-0.05, 0) is 47.9 Å². The third-order valence-corrected chi connectivity index (χ3v) is 7.98. The van der Waals surface area contributed by atoms with E-state index in [1.165, 1.54) is 37.9 Å². The molecule has 1 heterocycles. The number of hydrogen-bond donors (Lipinski definition) is 0. The monoisotopic (exact) mass is 499 g/mol. The van der Waals surface area contributed by atoms with Crippen LogP contribution in [0.1, 0.15) is 23.1 Å². The molecule has 0 aromatic heterocycles. The van der Waals surface area contributed by atoms with Crippen molar-refractivity contribution in [2.45, 2.75) is 29.2 Å². The lowest BCUT2D eigenvalue weighted by molar-refractivity contribution is -0.903. The Kier molecular flexibility index (Phi) is 7.19. The molecule has 0 atom stereocenters. The zero-order valence-corrected chi connectivity index (χ0v) is 22.0. The first-order chi connectivity index (χ1) is 17.0. The van der Waals surface area contributed by atoms with Gasteiger partial charge in [0, 0.05) is 33.3 Å². The van der Waals surface area contributed by atoms with Crippen molar-refractivity contribution in [1.29, 1.82) is 0 Å². The summed E-state index contributed by atoms with van der Waals surface area (Å²) in [5.41, 5.74) is 6.62. The van der Waals surface area contributed by atoms with E-state index in [0.29, 0.717) is 0 Å². The Morgan fingerprint density at radius 2 is 1.37 bits per heavy atom. The molecule has 4 heteroatoms. The second-order valence-electron chi connectivity index (χ2n) is 9.98. The van der Waals surface area contributed by atoms with Gasteiger partial charge in [0.2, 0.25) is 0 Å². The maximum atomic E-state index is 6.38. The molecular weight excluding hydrogens is 468 g/mol. The molecule has 4 aromatic rings. The third-order valence-electron chi connectivity index (χ3n) is 6.62. The third kappa shape index (κ3) is 5.92. The minimum Gasteiger partial charge on any atom is -0.339 e. The largest absolute Gasteiger partial charge is 0.339 e. The highest BCUT2D eigenvalue weighted by atomic mass is 35.5. The summed E-state index contributed by atoms with van der Waals surface area (Å²) in [4.78, 5) is 5.04. The van der Waals surface area contributed by atoms with E-state index in [4.69, 9.17) is 11.6 Å². The van der Waals surface area contributed by atoms with Gasteiger partial charge in [0.15, 0.2) is 0 Å². The Morgan fingerprint density at radius 3 is 2.17 bits per heavy atom. The van der Waals surface area contributed by atoms with Crippen molar-refractivity contribution in [2.24, 2.45) is 0 Å². The van der Waals surface area contributed by atoms with E-state index in [-0.39, 0.29) is 0 Å². The van der Waals surface area contributed by atoms with Gasteiger partial charge in [-0.2, -0.15) is 0 Å². The SMILES string of the molecule is C[N+](C)(CCCN1c2ccccc2Sc2ccc(Cl)cc21)Cc1ccc(Cc2ccccc2)cc1. The molecule has 0 amide bonds. The first kappa shape index (κ1) is 24.0. The van der Waals surface area contributed by atoms with E-state index in [1.54, 1.807) is 0 Å². The predicted molar refractivity (Wildman–Crippen MR) is 150 cm³/mol. The van der Waals surface area contributed by atoms with Gasteiger partial charge in [0.1, 0.15) is 6.54 Å². The number of nitrogens with zero attached hydrogens (tertiary/aromatic N) is 2. The molecular formula is C31H32ClN2S+. The van der Waals surface area contributed by atoms with Gasteiger partial charge in [-0.3, -0.25) is 0 Å². The summed E-state index contributed by atoms with van der Waals surface area (Å²) in [6, 6.07) is 34.8. The topological polar surface area (TPSA) is 3.24 Å². The van der Waals surface area contributed by atoms with Gasteiger partial charge in [-0.15, -0.1) is 0 Å². The van der Waals surface area contributed by atoms with E-state index >= 15 is 0 Å².